The minimum absolute atomic E-state index is 0.0849. The van der Waals surface area contributed by atoms with E-state index in [9.17, 15) is 4.79 Å². The zero-order valence-electron chi connectivity index (χ0n) is 8.77. The number of pyridine rings is 1. The van der Waals surface area contributed by atoms with E-state index < -0.39 is 0 Å². The van der Waals surface area contributed by atoms with Crippen LogP contribution >= 0.6 is 11.6 Å². The third-order valence-electron chi connectivity index (χ3n) is 1.98. The molecule has 0 saturated carbocycles. The van der Waals surface area contributed by atoms with Crippen molar-refractivity contribution in [1.29, 1.82) is 0 Å². The first-order valence-corrected chi connectivity index (χ1v) is 5.19. The maximum absolute atomic E-state index is 12.0. The highest BCUT2D eigenvalue weighted by atomic mass is 35.5. The Hall–Kier alpha value is -1.39. The summed E-state index contributed by atoms with van der Waals surface area (Å²) >= 11 is 5.70. The van der Waals surface area contributed by atoms with E-state index in [1.807, 2.05) is 0 Å². The Kier molecular flexibility index (Phi) is 4.95. The zero-order chi connectivity index (χ0) is 12.0. The molecular weight excluding hydrogens is 228 g/mol. The van der Waals surface area contributed by atoms with Gasteiger partial charge in [0.05, 0.1) is 6.61 Å². The highest BCUT2D eigenvalue weighted by Gasteiger charge is 2.14. The Balaban J connectivity index is 2.85. The molecule has 0 aromatic carbocycles. The van der Waals surface area contributed by atoms with Crippen molar-refractivity contribution in [2.24, 2.45) is 0 Å². The van der Waals surface area contributed by atoms with Crippen molar-refractivity contribution < 1.29 is 9.90 Å². The number of aliphatic hydroxyl groups is 1. The molecule has 1 aromatic heterocycles. The minimum Gasteiger partial charge on any atom is -0.395 e. The molecule has 0 bridgehead atoms. The summed E-state index contributed by atoms with van der Waals surface area (Å²) in [5, 5.41) is 9.12. The number of amides is 1. The van der Waals surface area contributed by atoms with Gasteiger partial charge in [0.2, 0.25) is 0 Å². The largest absolute Gasteiger partial charge is 0.395 e. The summed E-state index contributed by atoms with van der Waals surface area (Å²) < 4.78 is 0. The van der Waals surface area contributed by atoms with Crippen LogP contribution in [0.4, 0.5) is 0 Å². The van der Waals surface area contributed by atoms with Gasteiger partial charge in [0, 0.05) is 24.8 Å². The van der Waals surface area contributed by atoms with Crippen molar-refractivity contribution >= 4 is 17.5 Å². The molecule has 5 heteroatoms. The van der Waals surface area contributed by atoms with Gasteiger partial charge in [-0.3, -0.25) is 4.79 Å². The first-order chi connectivity index (χ1) is 7.69. The van der Waals surface area contributed by atoms with Crippen LogP contribution in [-0.4, -0.2) is 40.6 Å². The molecule has 0 radical (unpaired) electrons. The average molecular weight is 241 g/mol. The van der Waals surface area contributed by atoms with Crippen LogP contribution in [0.15, 0.2) is 31.0 Å². The molecule has 0 aliphatic heterocycles. The first kappa shape index (κ1) is 12.7. The van der Waals surface area contributed by atoms with E-state index in [1.54, 1.807) is 12.1 Å². The summed E-state index contributed by atoms with van der Waals surface area (Å²) in [6.07, 6.45) is 3.08. The first-order valence-electron chi connectivity index (χ1n) is 4.81. The van der Waals surface area contributed by atoms with Crippen LogP contribution in [0, 0.1) is 0 Å². The van der Waals surface area contributed by atoms with Crippen LogP contribution in [0.3, 0.4) is 0 Å². The SMILES string of the molecule is C=CCN(CCO)C(=O)c1ccnc(Cl)c1. The van der Waals surface area contributed by atoms with Gasteiger partial charge in [-0.15, -0.1) is 6.58 Å². The van der Waals surface area contributed by atoms with E-state index in [-0.39, 0.29) is 24.2 Å². The van der Waals surface area contributed by atoms with E-state index in [0.29, 0.717) is 12.1 Å². The van der Waals surface area contributed by atoms with Gasteiger partial charge in [0.15, 0.2) is 0 Å². The van der Waals surface area contributed by atoms with Crippen LogP contribution in [0.5, 0.6) is 0 Å². The van der Waals surface area contributed by atoms with E-state index in [2.05, 4.69) is 11.6 Å². The number of halogens is 1. The maximum atomic E-state index is 12.0. The van der Waals surface area contributed by atoms with Crippen LogP contribution < -0.4 is 0 Å². The molecule has 16 heavy (non-hydrogen) atoms. The minimum atomic E-state index is -0.196. The highest BCUT2D eigenvalue weighted by molar-refractivity contribution is 6.29. The summed E-state index contributed by atoms with van der Waals surface area (Å²) in [5.41, 5.74) is 0.454. The lowest BCUT2D eigenvalue weighted by Crippen LogP contribution is -2.33. The second-order valence-corrected chi connectivity index (χ2v) is 3.52. The van der Waals surface area contributed by atoms with Crippen LogP contribution in [-0.2, 0) is 0 Å². The lowest BCUT2D eigenvalue weighted by molar-refractivity contribution is 0.0743. The summed E-state index contributed by atoms with van der Waals surface area (Å²) in [5.74, 6) is -0.196. The molecule has 4 nitrogen and oxygen atoms in total. The van der Waals surface area contributed by atoms with Crippen LogP contribution in [0.25, 0.3) is 0 Å². The molecule has 0 spiro atoms. The number of aliphatic hydroxyl groups excluding tert-OH is 1. The molecule has 1 aromatic rings. The van der Waals surface area contributed by atoms with Crippen molar-refractivity contribution in [3.63, 3.8) is 0 Å². The predicted octanol–water partition coefficient (Wildman–Crippen LogP) is 1.36. The van der Waals surface area contributed by atoms with Crippen molar-refractivity contribution in [2.45, 2.75) is 0 Å². The zero-order valence-corrected chi connectivity index (χ0v) is 9.52. The van der Waals surface area contributed by atoms with Gasteiger partial charge in [-0.25, -0.2) is 4.98 Å². The number of hydrogen-bond donors (Lipinski definition) is 1. The fourth-order valence-corrected chi connectivity index (χ4v) is 1.44. The Morgan fingerprint density at radius 2 is 2.44 bits per heavy atom. The molecule has 1 rings (SSSR count). The highest BCUT2D eigenvalue weighted by Crippen LogP contribution is 2.09. The van der Waals surface area contributed by atoms with Crippen molar-refractivity contribution in [2.75, 3.05) is 19.7 Å². The third kappa shape index (κ3) is 3.32. The molecule has 0 saturated heterocycles. The molecule has 1 N–H and O–H groups in total. The van der Waals surface area contributed by atoms with E-state index >= 15 is 0 Å². The van der Waals surface area contributed by atoms with Crippen molar-refractivity contribution in [3.8, 4) is 0 Å². The molecule has 1 amide bonds. The Morgan fingerprint density at radius 3 is 3.00 bits per heavy atom. The number of nitrogens with zero attached hydrogens (tertiary/aromatic N) is 2. The Labute approximate surface area is 99.2 Å². The molecule has 0 aliphatic rings. The third-order valence-corrected chi connectivity index (χ3v) is 2.19. The summed E-state index contributed by atoms with van der Waals surface area (Å²) in [7, 11) is 0. The lowest BCUT2D eigenvalue weighted by Gasteiger charge is -2.19. The monoisotopic (exact) mass is 240 g/mol. The van der Waals surface area contributed by atoms with E-state index in [4.69, 9.17) is 16.7 Å². The lowest BCUT2D eigenvalue weighted by atomic mass is 10.2. The normalized spacial score (nSPS) is 9.88. The van der Waals surface area contributed by atoms with E-state index in [1.165, 1.54) is 17.2 Å². The van der Waals surface area contributed by atoms with Gasteiger partial charge in [-0.1, -0.05) is 17.7 Å². The van der Waals surface area contributed by atoms with Gasteiger partial charge in [0.25, 0.3) is 5.91 Å². The second kappa shape index (κ2) is 6.25. The number of carbonyl (C=O) groups excluding carboxylic acids is 1. The summed E-state index contributed by atoms with van der Waals surface area (Å²) in [6, 6.07) is 3.08. The molecule has 86 valence electrons. The van der Waals surface area contributed by atoms with Gasteiger partial charge >= 0.3 is 0 Å². The number of hydrogen-bond acceptors (Lipinski definition) is 3. The standard InChI is InChI=1S/C11H13ClN2O2/c1-2-5-14(6-7-15)11(16)9-3-4-13-10(12)8-9/h2-4,8,15H,1,5-7H2. The molecule has 0 atom stereocenters. The topological polar surface area (TPSA) is 53.4 Å². The quantitative estimate of drug-likeness (QED) is 0.625. The smallest absolute Gasteiger partial charge is 0.254 e. The molecule has 0 fully saturated rings. The molecule has 1 heterocycles. The molecule has 0 unspecified atom stereocenters. The van der Waals surface area contributed by atoms with Crippen molar-refractivity contribution in [1.82, 2.24) is 9.88 Å². The van der Waals surface area contributed by atoms with Crippen LogP contribution in [0.2, 0.25) is 5.15 Å². The number of rotatable bonds is 5. The predicted molar refractivity (Wildman–Crippen MR) is 62.4 cm³/mol. The number of carbonyl (C=O) groups is 1. The Bertz CT molecular complexity index is 382. The molecule has 0 aliphatic carbocycles. The second-order valence-electron chi connectivity index (χ2n) is 3.13. The van der Waals surface area contributed by atoms with E-state index in [0.717, 1.165) is 0 Å². The number of aromatic nitrogens is 1. The van der Waals surface area contributed by atoms with Gasteiger partial charge < -0.3 is 10.0 Å². The van der Waals surface area contributed by atoms with Gasteiger partial charge in [-0.2, -0.15) is 0 Å². The van der Waals surface area contributed by atoms with Gasteiger partial charge in [0.1, 0.15) is 5.15 Å². The van der Waals surface area contributed by atoms with Gasteiger partial charge in [-0.05, 0) is 12.1 Å². The summed E-state index contributed by atoms with van der Waals surface area (Å²) in [4.78, 5) is 17.2. The molecular formula is C11H13ClN2O2. The Morgan fingerprint density at radius 1 is 1.69 bits per heavy atom. The maximum Gasteiger partial charge on any atom is 0.254 e. The van der Waals surface area contributed by atoms with Crippen LogP contribution in [0.1, 0.15) is 10.4 Å². The fraction of sp³-hybridized carbons (Fsp3) is 0.273. The summed E-state index contributed by atoms with van der Waals surface area (Å²) in [6.45, 7) is 4.13. The van der Waals surface area contributed by atoms with Crippen molar-refractivity contribution in [3.05, 3.63) is 41.7 Å². The average Bonchev–Trinajstić information content (AvgIpc) is 2.28. The fourth-order valence-electron chi connectivity index (χ4n) is 1.27.